The van der Waals surface area contributed by atoms with Crippen molar-refractivity contribution >= 4 is 55.7 Å². The van der Waals surface area contributed by atoms with Crippen LogP contribution in [0.1, 0.15) is 10.4 Å². The number of Topliss-reactive ketones (excluding diaryl/α,β-unsaturated/α-hetero) is 1. The van der Waals surface area contributed by atoms with Crippen molar-refractivity contribution in [3.05, 3.63) is 62.5 Å². The van der Waals surface area contributed by atoms with Gasteiger partial charge in [-0.2, -0.15) is 0 Å². The Morgan fingerprint density at radius 1 is 1.15 bits per heavy atom. The molecule has 2 rings (SSSR count). The largest absolute Gasteiger partial charge is 0.293 e. The van der Waals surface area contributed by atoms with Crippen molar-refractivity contribution in [3.63, 3.8) is 0 Å². The van der Waals surface area contributed by atoms with E-state index < -0.39 is 10.8 Å². The third kappa shape index (κ3) is 3.70. The average Bonchev–Trinajstić information content (AvgIpc) is 2.41. The quantitative estimate of drug-likeness (QED) is 0.705. The normalized spacial score (nSPS) is 12.2. The van der Waals surface area contributed by atoms with Gasteiger partial charge >= 0.3 is 0 Å². The van der Waals surface area contributed by atoms with Crippen LogP contribution in [-0.2, 0) is 10.8 Å². The summed E-state index contributed by atoms with van der Waals surface area (Å²) in [5.41, 5.74) is 0.291. The van der Waals surface area contributed by atoms with Crippen molar-refractivity contribution in [1.82, 2.24) is 0 Å². The number of rotatable bonds is 4. The minimum absolute atomic E-state index is 0.136. The maximum atomic E-state index is 12.2. The molecule has 0 bridgehead atoms. The van der Waals surface area contributed by atoms with E-state index in [-0.39, 0.29) is 11.5 Å². The summed E-state index contributed by atoms with van der Waals surface area (Å²) in [7, 11) is -1.44. The van der Waals surface area contributed by atoms with Gasteiger partial charge in [0.15, 0.2) is 5.78 Å². The van der Waals surface area contributed by atoms with E-state index >= 15 is 0 Å². The summed E-state index contributed by atoms with van der Waals surface area (Å²) >= 11 is 15.1. The molecule has 0 saturated carbocycles. The summed E-state index contributed by atoms with van der Waals surface area (Å²) in [6.07, 6.45) is 0. The molecule has 0 aromatic heterocycles. The summed E-state index contributed by atoms with van der Waals surface area (Å²) in [5, 5.41) is 0.730. The summed E-state index contributed by atoms with van der Waals surface area (Å²) in [5.74, 6) is -0.436. The molecule has 20 heavy (non-hydrogen) atoms. The molecular formula is C14H9BrCl2O2S. The fraction of sp³-hybridized carbons (Fsp3) is 0.0714. The Balaban J connectivity index is 2.22. The van der Waals surface area contributed by atoms with Crippen LogP contribution in [0.5, 0.6) is 0 Å². The van der Waals surface area contributed by atoms with Crippen molar-refractivity contribution in [3.8, 4) is 0 Å². The van der Waals surface area contributed by atoms with Crippen LogP contribution in [0.3, 0.4) is 0 Å². The van der Waals surface area contributed by atoms with Crippen molar-refractivity contribution < 1.29 is 9.00 Å². The molecule has 1 unspecified atom stereocenters. The van der Waals surface area contributed by atoms with E-state index in [9.17, 15) is 9.00 Å². The maximum absolute atomic E-state index is 12.2. The Hall–Kier alpha value is -0.680. The standard InChI is InChI=1S/C14H9BrCl2O2S/c15-11-3-1-2-4-14(11)20(19)8-13(18)10-7-9(16)5-6-12(10)17/h1-7H,8H2. The number of halogens is 3. The van der Waals surface area contributed by atoms with Gasteiger partial charge < -0.3 is 0 Å². The highest BCUT2D eigenvalue weighted by Gasteiger charge is 2.17. The van der Waals surface area contributed by atoms with Crippen LogP contribution in [0.4, 0.5) is 0 Å². The summed E-state index contributed by atoms with van der Waals surface area (Å²) < 4.78 is 12.9. The van der Waals surface area contributed by atoms with Gasteiger partial charge in [-0.15, -0.1) is 0 Å². The molecule has 0 aliphatic carbocycles. The molecule has 0 spiro atoms. The number of ketones is 1. The molecule has 0 saturated heterocycles. The summed E-state index contributed by atoms with van der Waals surface area (Å²) in [4.78, 5) is 12.7. The minimum Gasteiger partial charge on any atom is -0.293 e. The van der Waals surface area contributed by atoms with Crippen molar-refractivity contribution in [2.75, 3.05) is 5.75 Å². The lowest BCUT2D eigenvalue weighted by atomic mass is 10.1. The van der Waals surface area contributed by atoms with Gasteiger partial charge in [-0.25, -0.2) is 0 Å². The summed E-state index contributed by atoms with van der Waals surface area (Å²) in [6.45, 7) is 0. The first-order valence-electron chi connectivity index (χ1n) is 5.60. The van der Waals surface area contributed by atoms with E-state index in [1.807, 2.05) is 6.07 Å². The lowest BCUT2D eigenvalue weighted by Gasteiger charge is -2.06. The SMILES string of the molecule is O=C(CS(=O)c1ccccc1Br)c1cc(Cl)ccc1Cl. The highest BCUT2D eigenvalue weighted by atomic mass is 79.9. The van der Waals surface area contributed by atoms with Crippen molar-refractivity contribution in [1.29, 1.82) is 0 Å². The minimum atomic E-state index is -1.44. The van der Waals surface area contributed by atoms with Gasteiger partial charge in [0.2, 0.25) is 0 Å². The first-order chi connectivity index (χ1) is 9.49. The monoisotopic (exact) mass is 390 g/mol. The van der Waals surface area contributed by atoms with E-state index in [0.29, 0.717) is 25.0 Å². The molecule has 0 N–H and O–H groups in total. The average molecular weight is 392 g/mol. The zero-order valence-electron chi connectivity index (χ0n) is 10.1. The molecule has 0 fully saturated rings. The Bertz CT molecular complexity index is 689. The number of hydrogen-bond acceptors (Lipinski definition) is 2. The molecule has 0 aliphatic rings. The van der Waals surface area contributed by atoms with E-state index in [1.54, 1.807) is 30.3 Å². The Kier molecular flexibility index (Phi) is 5.38. The van der Waals surface area contributed by atoms with E-state index in [1.165, 1.54) is 6.07 Å². The fourth-order valence-electron chi connectivity index (χ4n) is 1.62. The van der Waals surface area contributed by atoms with Crippen LogP contribution in [-0.4, -0.2) is 15.7 Å². The number of hydrogen-bond donors (Lipinski definition) is 0. The number of carbonyl (C=O) groups is 1. The van der Waals surface area contributed by atoms with Crippen LogP contribution in [0.15, 0.2) is 51.8 Å². The zero-order valence-corrected chi connectivity index (χ0v) is 14.0. The molecule has 0 amide bonds. The predicted octanol–water partition coefficient (Wildman–Crippen LogP) is 4.75. The van der Waals surface area contributed by atoms with Crippen LogP contribution < -0.4 is 0 Å². The van der Waals surface area contributed by atoms with Gasteiger partial charge in [0.1, 0.15) is 0 Å². The first kappa shape index (κ1) is 15.7. The van der Waals surface area contributed by atoms with Crippen LogP contribution >= 0.6 is 39.1 Å². The Labute approximate surface area is 137 Å². The molecule has 0 aliphatic heterocycles. The molecule has 0 radical (unpaired) electrons. The fourth-order valence-corrected chi connectivity index (χ4v) is 3.90. The lowest BCUT2D eigenvalue weighted by Crippen LogP contribution is -2.12. The molecule has 2 nitrogen and oxygen atoms in total. The Morgan fingerprint density at radius 2 is 1.85 bits per heavy atom. The first-order valence-corrected chi connectivity index (χ1v) is 8.47. The Morgan fingerprint density at radius 3 is 2.55 bits per heavy atom. The zero-order chi connectivity index (χ0) is 14.7. The van der Waals surface area contributed by atoms with Crippen LogP contribution in [0.25, 0.3) is 0 Å². The molecule has 2 aromatic carbocycles. The third-order valence-corrected chi connectivity index (χ3v) is 5.46. The van der Waals surface area contributed by atoms with Crippen molar-refractivity contribution in [2.24, 2.45) is 0 Å². The van der Waals surface area contributed by atoms with Crippen LogP contribution in [0.2, 0.25) is 10.0 Å². The molecular weight excluding hydrogens is 383 g/mol. The topological polar surface area (TPSA) is 34.1 Å². The van der Waals surface area contributed by atoms with E-state index in [0.717, 1.165) is 0 Å². The van der Waals surface area contributed by atoms with Gasteiger partial charge in [-0.1, -0.05) is 35.3 Å². The highest BCUT2D eigenvalue weighted by Crippen LogP contribution is 2.24. The smallest absolute Gasteiger partial charge is 0.177 e. The van der Waals surface area contributed by atoms with Crippen LogP contribution in [0, 0.1) is 0 Å². The van der Waals surface area contributed by atoms with Gasteiger partial charge in [-0.3, -0.25) is 9.00 Å². The second kappa shape index (κ2) is 6.85. The molecule has 6 heteroatoms. The molecule has 1 atom stereocenters. The highest BCUT2D eigenvalue weighted by molar-refractivity contribution is 9.10. The molecule has 0 heterocycles. The second-order valence-corrected chi connectivity index (χ2v) is 7.09. The predicted molar refractivity (Wildman–Crippen MR) is 86.2 cm³/mol. The number of carbonyl (C=O) groups excluding carboxylic acids is 1. The van der Waals surface area contributed by atoms with E-state index in [4.69, 9.17) is 23.2 Å². The maximum Gasteiger partial charge on any atom is 0.177 e. The lowest BCUT2D eigenvalue weighted by molar-refractivity contribution is 0.102. The third-order valence-electron chi connectivity index (χ3n) is 2.57. The number of benzene rings is 2. The van der Waals surface area contributed by atoms with Gasteiger partial charge in [0.05, 0.1) is 26.5 Å². The molecule has 2 aromatic rings. The van der Waals surface area contributed by atoms with Crippen molar-refractivity contribution in [2.45, 2.75) is 4.90 Å². The summed E-state index contributed by atoms with van der Waals surface area (Å²) in [6, 6.07) is 11.7. The molecule has 104 valence electrons. The van der Waals surface area contributed by atoms with E-state index in [2.05, 4.69) is 15.9 Å². The van der Waals surface area contributed by atoms with Gasteiger partial charge in [0, 0.05) is 15.1 Å². The van der Waals surface area contributed by atoms with Gasteiger partial charge in [0.25, 0.3) is 0 Å². The van der Waals surface area contributed by atoms with Gasteiger partial charge in [-0.05, 0) is 46.3 Å². The second-order valence-electron chi connectivity index (χ2n) is 3.97.